The van der Waals surface area contributed by atoms with E-state index in [1.165, 1.54) is 7.11 Å². The Morgan fingerprint density at radius 2 is 2.00 bits per heavy atom. The molecule has 2 atom stereocenters. The summed E-state index contributed by atoms with van der Waals surface area (Å²) in [4.78, 5) is 14.5. The van der Waals surface area contributed by atoms with Gasteiger partial charge < -0.3 is 4.74 Å². The highest BCUT2D eigenvalue weighted by Gasteiger charge is 2.37. The highest BCUT2D eigenvalue weighted by Crippen LogP contribution is 2.33. The fourth-order valence-electron chi connectivity index (χ4n) is 3.06. The van der Waals surface area contributed by atoms with Crippen LogP contribution in [0, 0.1) is 5.92 Å². The predicted octanol–water partition coefficient (Wildman–Crippen LogP) is 3.02. The molecule has 1 aliphatic heterocycles. The van der Waals surface area contributed by atoms with Crippen LogP contribution in [-0.2, 0) is 9.53 Å². The zero-order valence-corrected chi connectivity index (χ0v) is 12.0. The maximum Gasteiger partial charge on any atom is 0.327 e. The van der Waals surface area contributed by atoms with Crippen molar-refractivity contribution in [3.63, 3.8) is 0 Å². The summed E-state index contributed by atoms with van der Waals surface area (Å²) in [6.07, 6.45) is 2.32. The zero-order valence-electron chi connectivity index (χ0n) is 12.0. The van der Waals surface area contributed by atoms with Crippen molar-refractivity contribution in [1.82, 2.24) is 4.90 Å². The number of rotatable bonds is 4. The molecule has 0 aliphatic carbocycles. The lowest BCUT2D eigenvalue weighted by Crippen LogP contribution is -2.40. The average molecular weight is 261 g/mol. The van der Waals surface area contributed by atoms with Crippen molar-refractivity contribution in [1.29, 1.82) is 0 Å². The SMILES string of the molecule is COC(=O)[C@H](c1ccccc1)N1CCC[C@@H]1C(C)C. The molecule has 1 aromatic carbocycles. The van der Waals surface area contributed by atoms with Crippen LogP contribution in [-0.4, -0.2) is 30.6 Å². The lowest BCUT2D eigenvalue weighted by Gasteiger charge is -2.33. The molecule has 0 unspecified atom stereocenters. The fraction of sp³-hybridized carbons (Fsp3) is 0.562. The first-order chi connectivity index (χ1) is 9.15. The van der Waals surface area contributed by atoms with E-state index in [2.05, 4.69) is 18.7 Å². The van der Waals surface area contributed by atoms with E-state index in [9.17, 15) is 4.79 Å². The van der Waals surface area contributed by atoms with Crippen LogP contribution in [0.2, 0.25) is 0 Å². The van der Waals surface area contributed by atoms with Crippen LogP contribution in [0.25, 0.3) is 0 Å². The van der Waals surface area contributed by atoms with E-state index < -0.39 is 0 Å². The first kappa shape index (κ1) is 14.1. The van der Waals surface area contributed by atoms with E-state index in [0.717, 1.165) is 24.9 Å². The number of ether oxygens (including phenoxy) is 1. The van der Waals surface area contributed by atoms with Crippen molar-refractivity contribution < 1.29 is 9.53 Å². The molecule has 1 aliphatic rings. The van der Waals surface area contributed by atoms with Gasteiger partial charge in [0.25, 0.3) is 0 Å². The molecule has 0 radical (unpaired) electrons. The lowest BCUT2D eigenvalue weighted by molar-refractivity contribution is -0.148. The van der Waals surface area contributed by atoms with Crippen LogP contribution in [0.3, 0.4) is 0 Å². The van der Waals surface area contributed by atoms with Gasteiger partial charge in [0.2, 0.25) is 0 Å². The van der Waals surface area contributed by atoms with Gasteiger partial charge in [0.05, 0.1) is 7.11 Å². The van der Waals surface area contributed by atoms with Gasteiger partial charge in [-0.05, 0) is 30.9 Å². The van der Waals surface area contributed by atoms with Gasteiger partial charge in [0, 0.05) is 6.04 Å². The molecule has 3 heteroatoms. The molecule has 1 aromatic rings. The average Bonchev–Trinajstić information content (AvgIpc) is 2.89. The third-order valence-electron chi connectivity index (χ3n) is 3.98. The van der Waals surface area contributed by atoms with Crippen molar-refractivity contribution in [2.75, 3.05) is 13.7 Å². The molecule has 0 bridgehead atoms. The molecule has 104 valence electrons. The molecule has 1 fully saturated rings. The van der Waals surface area contributed by atoms with Crippen LogP contribution in [0.5, 0.6) is 0 Å². The number of carbonyl (C=O) groups excluding carboxylic acids is 1. The summed E-state index contributed by atoms with van der Waals surface area (Å²) in [6, 6.07) is 10.2. The van der Waals surface area contributed by atoms with Gasteiger partial charge in [-0.15, -0.1) is 0 Å². The minimum atomic E-state index is -0.263. The topological polar surface area (TPSA) is 29.5 Å². The van der Waals surface area contributed by atoms with E-state index >= 15 is 0 Å². The van der Waals surface area contributed by atoms with Crippen LogP contribution < -0.4 is 0 Å². The smallest absolute Gasteiger partial charge is 0.327 e. The standard InChI is InChI=1S/C16H23NO2/c1-12(2)14-10-7-11-17(14)15(16(18)19-3)13-8-5-4-6-9-13/h4-6,8-9,12,14-15H,7,10-11H2,1-3H3/t14-,15+/m1/s1. The monoisotopic (exact) mass is 261 g/mol. The van der Waals surface area contributed by atoms with Crippen LogP contribution in [0.4, 0.5) is 0 Å². The molecule has 1 heterocycles. The number of nitrogens with zero attached hydrogens (tertiary/aromatic N) is 1. The van der Waals surface area contributed by atoms with Gasteiger partial charge in [-0.3, -0.25) is 4.90 Å². The number of hydrogen-bond donors (Lipinski definition) is 0. The van der Waals surface area contributed by atoms with Crippen molar-refractivity contribution in [3.8, 4) is 0 Å². The second-order valence-corrected chi connectivity index (χ2v) is 5.53. The summed E-state index contributed by atoms with van der Waals surface area (Å²) in [6.45, 7) is 5.42. The number of hydrogen-bond acceptors (Lipinski definition) is 3. The van der Waals surface area contributed by atoms with Crippen molar-refractivity contribution in [2.24, 2.45) is 5.92 Å². The molecule has 0 aromatic heterocycles. The molecule has 0 amide bonds. The number of benzene rings is 1. The summed E-state index contributed by atoms with van der Waals surface area (Å²) in [5.41, 5.74) is 1.03. The molecule has 0 spiro atoms. The van der Waals surface area contributed by atoms with Gasteiger partial charge >= 0.3 is 5.97 Å². The molecule has 3 nitrogen and oxygen atoms in total. The zero-order chi connectivity index (χ0) is 13.8. The third-order valence-corrected chi connectivity index (χ3v) is 3.98. The first-order valence-corrected chi connectivity index (χ1v) is 7.03. The Balaban J connectivity index is 2.30. The lowest BCUT2D eigenvalue weighted by atomic mass is 9.98. The third kappa shape index (κ3) is 2.98. The van der Waals surface area contributed by atoms with Gasteiger partial charge in [-0.1, -0.05) is 44.2 Å². The quantitative estimate of drug-likeness (QED) is 0.780. The molecule has 2 rings (SSSR count). The number of likely N-dealkylation sites (tertiary alicyclic amines) is 1. The second kappa shape index (κ2) is 6.20. The van der Waals surface area contributed by atoms with Crippen LogP contribution in [0.1, 0.15) is 38.3 Å². The molecular weight excluding hydrogens is 238 g/mol. The van der Waals surface area contributed by atoms with E-state index in [0.29, 0.717) is 12.0 Å². The molecule has 0 saturated carbocycles. The van der Waals surface area contributed by atoms with E-state index in [-0.39, 0.29) is 12.0 Å². The maximum atomic E-state index is 12.2. The fourth-order valence-corrected chi connectivity index (χ4v) is 3.06. The highest BCUT2D eigenvalue weighted by molar-refractivity contribution is 5.77. The minimum absolute atomic E-state index is 0.154. The molecule has 1 saturated heterocycles. The number of carbonyl (C=O) groups is 1. The van der Waals surface area contributed by atoms with Gasteiger partial charge in [-0.25, -0.2) is 4.79 Å². The van der Waals surface area contributed by atoms with Crippen molar-refractivity contribution in [3.05, 3.63) is 35.9 Å². The van der Waals surface area contributed by atoms with Crippen LogP contribution >= 0.6 is 0 Å². The van der Waals surface area contributed by atoms with E-state index in [1.807, 2.05) is 30.3 Å². The van der Waals surface area contributed by atoms with E-state index in [4.69, 9.17) is 4.74 Å². The van der Waals surface area contributed by atoms with E-state index in [1.54, 1.807) is 0 Å². The summed E-state index contributed by atoms with van der Waals surface area (Å²) >= 11 is 0. The normalized spacial score (nSPS) is 21.6. The predicted molar refractivity (Wildman–Crippen MR) is 75.8 cm³/mol. The minimum Gasteiger partial charge on any atom is -0.468 e. The van der Waals surface area contributed by atoms with Crippen LogP contribution in [0.15, 0.2) is 30.3 Å². The number of esters is 1. The summed E-state index contributed by atoms with van der Waals surface area (Å²) in [5.74, 6) is 0.400. The van der Waals surface area contributed by atoms with Gasteiger partial charge in [0.1, 0.15) is 6.04 Å². The summed E-state index contributed by atoms with van der Waals surface area (Å²) < 4.78 is 5.03. The van der Waals surface area contributed by atoms with Crippen molar-refractivity contribution >= 4 is 5.97 Å². The Hall–Kier alpha value is -1.35. The molecule has 0 N–H and O–H groups in total. The van der Waals surface area contributed by atoms with Gasteiger partial charge in [0.15, 0.2) is 0 Å². The Kier molecular flexibility index (Phi) is 4.59. The highest BCUT2D eigenvalue weighted by atomic mass is 16.5. The van der Waals surface area contributed by atoms with Crippen molar-refractivity contribution in [2.45, 2.75) is 38.8 Å². The number of methoxy groups -OCH3 is 1. The first-order valence-electron chi connectivity index (χ1n) is 7.03. The van der Waals surface area contributed by atoms with Gasteiger partial charge in [-0.2, -0.15) is 0 Å². The molecular formula is C16H23NO2. The second-order valence-electron chi connectivity index (χ2n) is 5.53. The summed E-state index contributed by atoms with van der Waals surface area (Å²) in [7, 11) is 1.47. The largest absolute Gasteiger partial charge is 0.468 e. The Morgan fingerprint density at radius 3 is 2.58 bits per heavy atom. The Morgan fingerprint density at radius 1 is 1.32 bits per heavy atom. The molecule has 19 heavy (non-hydrogen) atoms. The Bertz CT molecular complexity index is 416. The maximum absolute atomic E-state index is 12.2. The summed E-state index contributed by atoms with van der Waals surface area (Å²) in [5, 5.41) is 0. The Labute approximate surface area is 115 Å².